The number of halogens is 1. The number of rotatable bonds is 7. The molecule has 1 aliphatic carbocycles. The van der Waals surface area contributed by atoms with Crippen molar-refractivity contribution in [3.05, 3.63) is 28.7 Å². The molecular formula is C16H23BrN2O. The van der Waals surface area contributed by atoms with Crippen LogP contribution in [0.3, 0.4) is 0 Å². The molecule has 1 aromatic carbocycles. The van der Waals surface area contributed by atoms with Crippen LogP contribution in [0.4, 0.5) is 0 Å². The Kier molecular flexibility index (Phi) is 4.97. The minimum absolute atomic E-state index is 0.712. The van der Waals surface area contributed by atoms with Gasteiger partial charge in [-0.15, -0.1) is 0 Å². The Morgan fingerprint density at radius 2 is 2.00 bits per heavy atom. The van der Waals surface area contributed by atoms with Crippen LogP contribution in [-0.2, 0) is 0 Å². The van der Waals surface area contributed by atoms with Crippen LogP contribution in [0.25, 0.3) is 0 Å². The minimum atomic E-state index is 0.712. The second-order valence-electron chi connectivity index (χ2n) is 5.82. The molecule has 1 saturated carbocycles. The number of hydrogen-bond donors (Lipinski definition) is 1. The second kappa shape index (κ2) is 6.92. The topological polar surface area (TPSA) is 24.5 Å². The molecule has 1 unspecified atom stereocenters. The van der Waals surface area contributed by atoms with E-state index < -0.39 is 0 Å². The molecule has 2 fully saturated rings. The lowest BCUT2D eigenvalue weighted by molar-refractivity contribution is 0.193. The minimum Gasteiger partial charge on any atom is -0.492 e. The van der Waals surface area contributed by atoms with Gasteiger partial charge in [0.25, 0.3) is 0 Å². The molecule has 1 atom stereocenters. The van der Waals surface area contributed by atoms with Crippen LogP contribution in [0.2, 0.25) is 0 Å². The maximum atomic E-state index is 5.83. The smallest absolute Gasteiger partial charge is 0.119 e. The molecule has 1 heterocycles. The SMILES string of the molecule is Brc1ccc(OCCN2CCCC2CNC2CC2)cc1. The molecule has 2 aliphatic rings. The molecule has 0 spiro atoms. The van der Waals surface area contributed by atoms with Gasteiger partial charge in [-0.25, -0.2) is 0 Å². The van der Waals surface area contributed by atoms with Gasteiger partial charge in [0, 0.05) is 29.6 Å². The molecule has 4 heteroatoms. The highest BCUT2D eigenvalue weighted by atomic mass is 79.9. The zero-order valence-electron chi connectivity index (χ0n) is 11.9. The second-order valence-corrected chi connectivity index (χ2v) is 6.73. The molecule has 3 rings (SSSR count). The van der Waals surface area contributed by atoms with Crippen LogP contribution in [-0.4, -0.2) is 43.2 Å². The van der Waals surface area contributed by atoms with E-state index in [9.17, 15) is 0 Å². The van der Waals surface area contributed by atoms with Crippen molar-refractivity contribution < 1.29 is 4.74 Å². The Hall–Kier alpha value is -0.580. The lowest BCUT2D eigenvalue weighted by Crippen LogP contribution is -2.40. The molecule has 1 aromatic rings. The zero-order chi connectivity index (χ0) is 13.8. The summed E-state index contributed by atoms with van der Waals surface area (Å²) in [7, 11) is 0. The summed E-state index contributed by atoms with van der Waals surface area (Å²) in [6.45, 7) is 4.19. The largest absolute Gasteiger partial charge is 0.492 e. The number of nitrogens with zero attached hydrogens (tertiary/aromatic N) is 1. The monoisotopic (exact) mass is 338 g/mol. The van der Waals surface area contributed by atoms with E-state index in [4.69, 9.17) is 4.74 Å². The van der Waals surface area contributed by atoms with Crippen LogP contribution >= 0.6 is 15.9 Å². The highest BCUT2D eigenvalue weighted by Crippen LogP contribution is 2.21. The highest BCUT2D eigenvalue weighted by molar-refractivity contribution is 9.10. The summed E-state index contributed by atoms with van der Waals surface area (Å²) in [6.07, 6.45) is 5.41. The third kappa shape index (κ3) is 4.21. The first-order chi connectivity index (χ1) is 9.81. The Labute approximate surface area is 129 Å². The first kappa shape index (κ1) is 14.4. The Bertz CT molecular complexity index is 419. The summed E-state index contributed by atoms with van der Waals surface area (Å²) in [5.74, 6) is 0.958. The van der Waals surface area contributed by atoms with Crippen LogP contribution in [0.1, 0.15) is 25.7 Å². The Morgan fingerprint density at radius 3 is 2.75 bits per heavy atom. The summed E-state index contributed by atoms with van der Waals surface area (Å²) in [5, 5.41) is 3.66. The molecule has 3 nitrogen and oxygen atoms in total. The standard InChI is InChI=1S/C16H23BrN2O/c17-13-3-7-16(8-4-13)20-11-10-19-9-1-2-15(19)12-18-14-5-6-14/h3-4,7-8,14-15,18H,1-2,5-6,9-12H2. The highest BCUT2D eigenvalue weighted by Gasteiger charge is 2.27. The van der Waals surface area contributed by atoms with Crippen LogP contribution in [0.5, 0.6) is 5.75 Å². The number of hydrogen-bond acceptors (Lipinski definition) is 3. The Morgan fingerprint density at radius 1 is 1.20 bits per heavy atom. The molecular weight excluding hydrogens is 316 g/mol. The summed E-state index contributed by atoms with van der Waals surface area (Å²) in [6, 6.07) is 9.60. The summed E-state index contributed by atoms with van der Waals surface area (Å²) >= 11 is 3.44. The van der Waals surface area contributed by atoms with Gasteiger partial charge in [0.2, 0.25) is 0 Å². The van der Waals surface area contributed by atoms with Gasteiger partial charge < -0.3 is 10.1 Å². The van der Waals surface area contributed by atoms with Gasteiger partial charge in [0.1, 0.15) is 12.4 Å². The van der Waals surface area contributed by atoms with Gasteiger partial charge in [-0.2, -0.15) is 0 Å². The van der Waals surface area contributed by atoms with Gasteiger partial charge in [-0.1, -0.05) is 15.9 Å². The van der Waals surface area contributed by atoms with Crippen molar-refractivity contribution in [2.45, 2.75) is 37.8 Å². The van der Waals surface area contributed by atoms with E-state index in [2.05, 4.69) is 26.1 Å². The zero-order valence-corrected chi connectivity index (χ0v) is 13.4. The lowest BCUT2D eigenvalue weighted by atomic mass is 10.2. The summed E-state index contributed by atoms with van der Waals surface area (Å²) < 4.78 is 6.92. The van der Waals surface area contributed by atoms with E-state index in [1.54, 1.807) is 0 Å². The van der Waals surface area contributed by atoms with Crippen molar-refractivity contribution in [1.82, 2.24) is 10.2 Å². The first-order valence-corrected chi connectivity index (χ1v) is 8.46. The van der Waals surface area contributed by atoms with Crippen molar-refractivity contribution >= 4 is 15.9 Å². The van der Waals surface area contributed by atoms with Crippen molar-refractivity contribution in [2.75, 3.05) is 26.2 Å². The molecule has 1 aliphatic heterocycles. The maximum absolute atomic E-state index is 5.83. The average molecular weight is 339 g/mol. The third-order valence-corrected chi connectivity index (χ3v) is 4.71. The van der Waals surface area contributed by atoms with Gasteiger partial charge in [-0.3, -0.25) is 4.90 Å². The van der Waals surface area contributed by atoms with Gasteiger partial charge in [0.15, 0.2) is 0 Å². The number of ether oxygens (including phenoxy) is 1. The molecule has 0 aromatic heterocycles. The van der Waals surface area contributed by atoms with E-state index >= 15 is 0 Å². The summed E-state index contributed by atoms with van der Waals surface area (Å²) in [5.41, 5.74) is 0. The van der Waals surface area contributed by atoms with Crippen molar-refractivity contribution in [3.63, 3.8) is 0 Å². The molecule has 110 valence electrons. The predicted octanol–water partition coefficient (Wildman–Crippen LogP) is 3.04. The number of likely N-dealkylation sites (tertiary alicyclic amines) is 1. The molecule has 1 N–H and O–H groups in total. The van der Waals surface area contributed by atoms with E-state index in [-0.39, 0.29) is 0 Å². The fraction of sp³-hybridized carbons (Fsp3) is 0.625. The van der Waals surface area contributed by atoms with Crippen LogP contribution in [0.15, 0.2) is 28.7 Å². The van der Waals surface area contributed by atoms with Crippen molar-refractivity contribution in [2.24, 2.45) is 0 Å². The van der Waals surface area contributed by atoms with E-state index in [1.807, 2.05) is 24.3 Å². The van der Waals surface area contributed by atoms with Crippen molar-refractivity contribution in [1.29, 1.82) is 0 Å². The number of nitrogens with one attached hydrogen (secondary N) is 1. The van der Waals surface area contributed by atoms with Gasteiger partial charge in [-0.05, 0) is 56.5 Å². The fourth-order valence-corrected chi connectivity index (χ4v) is 3.09. The molecule has 20 heavy (non-hydrogen) atoms. The molecule has 0 bridgehead atoms. The van der Waals surface area contributed by atoms with Crippen LogP contribution in [0, 0.1) is 0 Å². The van der Waals surface area contributed by atoms with E-state index in [1.165, 1.54) is 32.2 Å². The van der Waals surface area contributed by atoms with Gasteiger partial charge >= 0.3 is 0 Å². The molecule has 0 radical (unpaired) electrons. The predicted molar refractivity (Wildman–Crippen MR) is 85.3 cm³/mol. The third-order valence-electron chi connectivity index (χ3n) is 4.18. The quantitative estimate of drug-likeness (QED) is 0.826. The Balaban J connectivity index is 1.39. The van der Waals surface area contributed by atoms with Crippen LogP contribution < -0.4 is 10.1 Å². The maximum Gasteiger partial charge on any atom is 0.119 e. The van der Waals surface area contributed by atoms with Crippen molar-refractivity contribution in [3.8, 4) is 5.75 Å². The average Bonchev–Trinajstić information content (AvgIpc) is 3.18. The van der Waals surface area contributed by atoms with E-state index in [0.717, 1.165) is 36.0 Å². The molecule has 1 saturated heterocycles. The lowest BCUT2D eigenvalue weighted by Gasteiger charge is -2.24. The normalized spacial score (nSPS) is 23.1. The summed E-state index contributed by atoms with van der Waals surface area (Å²) in [4.78, 5) is 2.58. The first-order valence-electron chi connectivity index (χ1n) is 7.67. The molecule has 0 amide bonds. The fourth-order valence-electron chi connectivity index (χ4n) is 2.82. The number of benzene rings is 1. The van der Waals surface area contributed by atoms with E-state index in [0.29, 0.717) is 6.04 Å². The van der Waals surface area contributed by atoms with Gasteiger partial charge in [0.05, 0.1) is 0 Å².